The number of hydrogen-bond acceptors (Lipinski definition) is 1. The molecule has 76 valence electrons. The van der Waals surface area contributed by atoms with Gasteiger partial charge in [0.2, 0.25) is 0 Å². The van der Waals surface area contributed by atoms with Crippen LogP contribution in [0.3, 0.4) is 0 Å². The maximum atomic E-state index is 13.8. The van der Waals surface area contributed by atoms with E-state index >= 15 is 0 Å². The van der Waals surface area contributed by atoms with Crippen molar-refractivity contribution in [2.24, 2.45) is 0 Å². The average molecular weight is 193 g/mol. The van der Waals surface area contributed by atoms with Gasteiger partial charge in [-0.2, -0.15) is 0 Å². The molecule has 0 radical (unpaired) electrons. The second-order valence-corrected chi connectivity index (χ2v) is 4.02. The van der Waals surface area contributed by atoms with Gasteiger partial charge in [0.05, 0.1) is 0 Å². The minimum Gasteiger partial charge on any atom is -0.316 e. The number of aryl methyl sites for hydroxylation is 1. The van der Waals surface area contributed by atoms with E-state index in [2.05, 4.69) is 5.32 Å². The van der Waals surface area contributed by atoms with E-state index in [1.165, 1.54) is 0 Å². The van der Waals surface area contributed by atoms with E-state index in [9.17, 15) is 4.39 Å². The third-order valence-electron chi connectivity index (χ3n) is 2.96. The summed E-state index contributed by atoms with van der Waals surface area (Å²) in [5, 5.41) is 3.31. The van der Waals surface area contributed by atoms with Crippen LogP contribution in [0.2, 0.25) is 0 Å². The van der Waals surface area contributed by atoms with Crippen LogP contribution in [0, 0.1) is 12.7 Å². The Balaban J connectivity index is 2.26. The normalized spacial score (nSPS) is 22.3. The fraction of sp³-hybridized carbons (Fsp3) is 0.500. The standard InChI is InChI=1S/C12H16FN/c1-9-4-2-6-11(12(9)13)10-5-3-7-14-8-10/h2,4,6,10,14H,3,5,7-8H2,1H3/t10-/m1/s1. The topological polar surface area (TPSA) is 12.0 Å². The molecule has 0 spiro atoms. The van der Waals surface area contributed by atoms with Crippen LogP contribution in [0.5, 0.6) is 0 Å². The van der Waals surface area contributed by atoms with Crippen molar-refractivity contribution < 1.29 is 4.39 Å². The van der Waals surface area contributed by atoms with Gasteiger partial charge in [0.1, 0.15) is 5.82 Å². The van der Waals surface area contributed by atoms with E-state index in [0.29, 0.717) is 5.92 Å². The molecule has 0 saturated carbocycles. The zero-order chi connectivity index (χ0) is 9.97. The lowest BCUT2D eigenvalue weighted by Crippen LogP contribution is -2.28. The number of nitrogens with one attached hydrogen (secondary N) is 1. The number of piperidine rings is 1. The Labute approximate surface area is 84.3 Å². The molecule has 1 aromatic rings. The van der Waals surface area contributed by atoms with Crippen molar-refractivity contribution in [3.8, 4) is 0 Å². The van der Waals surface area contributed by atoms with Gasteiger partial charge in [-0.1, -0.05) is 18.2 Å². The predicted molar refractivity (Wildman–Crippen MR) is 56.0 cm³/mol. The van der Waals surface area contributed by atoms with E-state index in [4.69, 9.17) is 0 Å². The highest BCUT2D eigenvalue weighted by molar-refractivity contribution is 5.28. The smallest absolute Gasteiger partial charge is 0.129 e. The largest absolute Gasteiger partial charge is 0.316 e. The Morgan fingerprint density at radius 1 is 1.43 bits per heavy atom. The summed E-state index contributed by atoms with van der Waals surface area (Å²) in [5.41, 5.74) is 1.64. The zero-order valence-electron chi connectivity index (χ0n) is 8.52. The number of hydrogen-bond donors (Lipinski definition) is 1. The molecule has 0 bridgehead atoms. The number of benzene rings is 1. The minimum absolute atomic E-state index is 0.0128. The first-order valence-corrected chi connectivity index (χ1v) is 5.25. The molecular formula is C12H16FN. The van der Waals surface area contributed by atoms with Crippen molar-refractivity contribution in [3.63, 3.8) is 0 Å². The van der Waals surface area contributed by atoms with E-state index < -0.39 is 0 Å². The first kappa shape index (κ1) is 9.66. The molecule has 1 saturated heterocycles. The van der Waals surface area contributed by atoms with Crippen LogP contribution >= 0.6 is 0 Å². The van der Waals surface area contributed by atoms with Gasteiger partial charge in [0, 0.05) is 6.54 Å². The third-order valence-corrected chi connectivity index (χ3v) is 2.96. The van der Waals surface area contributed by atoms with Crippen LogP contribution in [0.15, 0.2) is 18.2 Å². The fourth-order valence-corrected chi connectivity index (χ4v) is 2.10. The molecule has 14 heavy (non-hydrogen) atoms. The maximum absolute atomic E-state index is 13.8. The predicted octanol–water partition coefficient (Wildman–Crippen LogP) is 2.60. The number of halogens is 1. The molecule has 2 heteroatoms. The molecule has 1 N–H and O–H groups in total. The Hall–Kier alpha value is -0.890. The van der Waals surface area contributed by atoms with Gasteiger partial charge in [-0.05, 0) is 43.4 Å². The summed E-state index contributed by atoms with van der Waals surface area (Å²) in [5.74, 6) is 0.352. The first-order valence-electron chi connectivity index (χ1n) is 5.25. The van der Waals surface area contributed by atoms with Crippen molar-refractivity contribution in [1.29, 1.82) is 0 Å². The van der Waals surface area contributed by atoms with Gasteiger partial charge in [-0.3, -0.25) is 0 Å². The monoisotopic (exact) mass is 193 g/mol. The fourth-order valence-electron chi connectivity index (χ4n) is 2.10. The summed E-state index contributed by atoms with van der Waals surface area (Å²) in [7, 11) is 0. The molecule has 0 amide bonds. The summed E-state index contributed by atoms with van der Waals surface area (Å²) in [6.45, 7) is 3.82. The second kappa shape index (κ2) is 4.09. The van der Waals surface area contributed by atoms with Gasteiger partial charge in [0.25, 0.3) is 0 Å². The summed E-state index contributed by atoms with van der Waals surface area (Å²) in [6, 6.07) is 5.69. The SMILES string of the molecule is Cc1cccc([C@@H]2CCCNC2)c1F. The van der Waals surface area contributed by atoms with E-state index in [1.54, 1.807) is 0 Å². The van der Waals surface area contributed by atoms with E-state index in [0.717, 1.165) is 37.1 Å². The number of rotatable bonds is 1. The molecule has 1 atom stereocenters. The molecule has 0 unspecified atom stereocenters. The van der Waals surface area contributed by atoms with Gasteiger partial charge >= 0.3 is 0 Å². The Kier molecular flexibility index (Phi) is 2.82. The second-order valence-electron chi connectivity index (χ2n) is 4.02. The molecule has 1 fully saturated rings. The Bertz CT molecular complexity index is 316. The van der Waals surface area contributed by atoms with Crippen LogP contribution in [0.1, 0.15) is 29.9 Å². The molecular weight excluding hydrogens is 177 g/mol. The van der Waals surface area contributed by atoms with Gasteiger partial charge in [-0.25, -0.2) is 4.39 Å². The molecule has 1 heterocycles. The van der Waals surface area contributed by atoms with Gasteiger partial charge in [0.15, 0.2) is 0 Å². The van der Waals surface area contributed by atoms with Crippen molar-refractivity contribution >= 4 is 0 Å². The van der Waals surface area contributed by atoms with Gasteiger partial charge in [-0.15, -0.1) is 0 Å². The van der Waals surface area contributed by atoms with Crippen molar-refractivity contribution in [1.82, 2.24) is 5.32 Å². The summed E-state index contributed by atoms with van der Waals surface area (Å²) in [6.07, 6.45) is 2.26. The van der Waals surface area contributed by atoms with E-state index in [-0.39, 0.29) is 5.82 Å². The van der Waals surface area contributed by atoms with Crippen molar-refractivity contribution in [2.75, 3.05) is 13.1 Å². The van der Waals surface area contributed by atoms with Crippen molar-refractivity contribution in [3.05, 3.63) is 35.1 Å². The molecule has 1 aromatic carbocycles. The van der Waals surface area contributed by atoms with Gasteiger partial charge < -0.3 is 5.32 Å². The summed E-state index contributed by atoms with van der Waals surface area (Å²) in [4.78, 5) is 0. The molecule has 2 rings (SSSR count). The van der Waals surface area contributed by atoms with Crippen LogP contribution in [0.25, 0.3) is 0 Å². The first-order chi connectivity index (χ1) is 6.79. The quantitative estimate of drug-likeness (QED) is 0.723. The Morgan fingerprint density at radius 2 is 2.29 bits per heavy atom. The minimum atomic E-state index is -0.0128. The van der Waals surface area contributed by atoms with Crippen molar-refractivity contribution in [2.45, 2.75) is 25.7 Å². The highest BCUT2D eigenvalue weighted by Gasteiger charge is 2.18. The van der Waals surface area contributed by atoms with Crippen LogP contribution < -0.4 is 5.32 Å². The highest BCUT2D eigenvalue weighted by atomic mass is 19.1. The molecule has 1 aliphatic heterocycles. The lowest BCUT2D eigenvalue weighted by molar-refractivity contribution is 0.445. The average Bonchev–Trinajstić information content (AvgIpc) is 2.23. The van der Waals surface area contributed by atoms with Crippen LogP contribution in [-0.2, 0) is 0 Å². The lowest BCUT2D eigenvalue weighted by atomic mass is 9.90. The lowest BCUT2D eigenvalue weighted by Gasteiger charge is -2.23. The third kappa shape index (κ3) is 1.80. The van der Waals surface area contributed by atoms with Crippen LogP contribution in [-0.4, -0.2) is 13.1 Å². The molecule has 0 aromatic heterocycles. The maximum Gasteiger partial charge on any atom is 0.129 e. The Morgan fingerprint density at radius 3 is 3.00 bits per heavy atom. The highest BCUT2D eigenvalue weighted by Crippen LogP contribution is 2.26. The molecule has 0 aliphatic carbocycles. The summed E-state index contributed by atoms with van der Waals surface area (Å²) >= 11 is 0. The molecule has 1 nitrogen and oxygen atoms in total. The molecule has 1 aliphatic rings. The summed E-state index contributed by atoms with van der Waals surface area (Å²) < 4.78 is 13.8. The zero-order valence-corrected chi connectivity index (χ0v) is 8.52. The van der Waals surface area contributed by atoms with E-state index in [1.807, 2.05) is 25.1 Å². The van der Waals surface area contributed by atoms with Crippen LogP contribution in [0.4, 0.5) is 4.39 Å².